The van der Waals surface area contributed by atoms with E-state index in [2.05, 4.69) is 5.32 Å². The van der Waals surface area contributed by atoms with Crippen LogP contribution in [0.1, 0.15) is 12.8 Å². The van der Waals surface area contributed by atoms with Gasteiger partial charge in [-0.15, -0.1) is 0 Å². The van der Waals surface area contributed by atoms with Gasteiger partial charge in [0.2, 0.25) is 15.9 Å². The number of nitrogens with one attached hydrogen (secondary N) is 1. The van der Waals surface area contributed by atoms with Gasteiger partial charge in [0.25, 0.3) is 0 Å². The molecule has 1 fully saturated rings. The van der Waals surface area contributed by atoms with Gasteiger partial charge in [0.05, 0.1) is 10.8 Å². The highest BCUT2D eigenvalue weighted by molar-refractivity contribution is 7.89. The fourth-order valence-corrected chi connectivity index (χ4v) is 4.43. The Morgan fingerprint density at radius 3 is 2.19 bits per heavy atom. The molecule has 0 saturated carbocycles. The quantitative estimate of drug-likeness (QED) is 0.887. The SMILES string of the molecule is O=C(Nc1ccc(F)cc1)C1CCCN(S(=O)(=O)c2ccc(F)cc2)C1. The van der Waals surface area contributed by atoms with Crippen LogP contribution in [0.3, 0.4) is 0 Å². The standard InChI is InChI=1S/C18H18F2N2O3S/c19-14-3-7-16(8-4-14)21-18(23)13-2-1-11-22(12-13)26(24,25)17-9-5-15(20)6-10-17/h3-10,13H,1-2,11-12H2,(H,21,23). The van der Waals surface area contributed by atoms with Gasteiger partial charge in [-0.25, -0.2) is 17.2 Å². The summed E-state index contributed by atoms with van der Waals surface area (Å²) in [6.45, 7) is 0.354. The molecule has 2 aromatic rings. The smallest absolute Gasteiger partial charge is 0.243 e. The minimum atomic E-state index is -3.79. The van der Waals surface area contributed by atoms with Crippen LogP contribution in [0.2, 0.25) is 0 Å². The van der Waals surface area contributed by atoms with E-state index in [1.165, 1.54) is 40.7 Å². The molecule has 1 aliphatic rings. The van der Waals surface area contributed by atoms with Crippen molar-refractivity contribution in [1.82, 2.24) is 4.31 Å². The molecule has 138 valence electrons. The third kappa shape index (κ3) is 4.08. The lowest BCUT2D eigenvalue weighted by molar-refractivity contribution is -0.120. The van der Waals surface area contributed by atoms with Crippen LogP contribution in [0.15, 0.2) is 53.4 Å². The summed E-state index contributed by atoms with van der Waals surface area (Å²) >= 11 is 0. The van der Waals surface area contributed by atoms with Crippen LogP contribution < -0.4 is 5.32 Å². The maximum Gasteiger partial charge on any atom is 0.243 e. The van der Waals surface area contributed by atoms with Crippen molar-refractivity contribution in [3.05, 3.63) is 60.2 Å². The average Bonchev–Trinajstić information content (AvgIpc) is 2.64. The molecular formula is C18H18F2N2O3S. The van der Waals surface area contributed by atoms with Crippen LogP contribution in [0.25, 0.3) is 0 Å². The molecule has 1 aliphatic heterocycles. The molecule has 8 heteroatoms. The van der Waals surface area contributed by atoms with Crippen LogP contribution in [0, 0.1) is 17.6 Å². The normalized spacial score (nSPS) is 18.5. The fourth-order valence-electron chi connectivity index (χ4n) is 2.91. The monoisotopic (exact) mass is 380 g/mol. The molecule has 5 nitrogen and oxygen atoms in total. The number of rotatable bonds is 4. The van der Waals surface area contributed by atoms with Crippen molar-refractivity contribution < 1.29 is 22.0 Å². The molecule has 2 aromatic carbocycles. The Kier molecular flexibility index (Phi) is 5.33. The summed E-state index contributed by atoms with van der Waals surface area (Å²) in [5.41, 5.74) is 0.454. The van der Waals surface area contributed by atoms with E-state index in [0.717, 1.165) is 12.1 Å². The zero-order valence-electron chi connectivity index (χ0n) is 13.9. The number of nitrogens with zero attached hydrogens (tertiary/aromatic N) is 1. The second-order valence-corrected chi connectivity index (χ2v) is 8.09. The van der Waals surface area contributed by atoms with E-state index < -0.39 is 27.6 Å². The number of hydrogen-bond donors (Lipinski definition) is 1. The Hall–Kier alpha value is -2.32. The molecule has 0 radical (unpaired) electrons. The molecule has 1 atom stereocenters. The molecule has 0 spiro atoms. The largest absolute Gasteiger partial charge is 0.326 e. The molecule has 1 amide bonds. The summed E-state index contributed by atoms with van der Waals surface area (Å²) in [6, 6.07) is 9.99. The lowest BCUT2D eigenvalue weighted by Crippen LogP contribution is -2.43. The zero-order chi connectivity index (χ0) is 18.7. The number of anilines is 1. The second kappa shape index (κ2) is 7.51. The number of piperidine rings is 1. The number of hydrogen-bond acceptors (Lipinski definition) is 3. The van der Waals surface area contributed by atoms with Gasteiger partial charge < -0.3 is 5.32 Å². The van der Waals surface area contributed by atoms with Crippen molar-refractivity contribution in [1.29, 1.82) is 0 Å². The first-order valence-corrected chi connectivity index (χ1v) is 9.62. The Balaban J connectivity index is 1.71. The number of carbonyl (C=O) groups is 1. The van der Waals surface area contributed by atoms with Crippen LogP contribution in [0.5, 0.6) is 0 Å². The number of amides is 1. The van der Waals surface area contributed by atoms with Crippen molar-refractivity contribution >= 4 is 21.6 Å². The van der Waals surface area contributed by atoms with Gasteiger partial charge in [-0.2, -0.15) is 4.31 Å². The maximum absolute atomic E-state index is 13.0. The molecule has 0 bridgehead atoms. The van der Waals surface area contributed by atoms with Crippen molar-refractivity contribution in [2.45, 2.75) is 17.7 Å². The van der Waals surface area contributed by atoms with E-state index in [1.54, 1.807) is 0 Å². The second-order valence-electron chi connectivity index (χ2n) is 6.15. The molecule has 0 aromatic heterocycles. The summed E-state index contributed by atoms with van der Waals surface area (Å²) in [4.78, 5) is 12.4. The van der Waals surface area contributed by atoms with Crippen molar-refractivity contribution in [2.24, 2.45) is 5.92 Å². The van der Waals surface area contributed by atoms with Gasteiger partial charge in [0.1, 0.15) is 11.6 Å². The van der Waals surface area contributed by atoms with Crippen LogP contribution in [-0.2, 0) is 14.8 Å². The third-order valence-electron chi connectivity index (χ3n) is 4.32. The molecule has 1 heterocycles. The Morgan fingerprint density at radius 1 is 1.00 bits per heavy atom. The number of halogens is 2. The first-order valence-electron chi connectivity index (χ1n) is 8.18. The first-order chi connectivity index (χ1) is 12.4. The van der Waals surface area contributed by atoms with E-state index >= 15 is 0 Å². The highest BCUT2D eigenvalue weighted by Gasteiger charge is 2.33. The number of benzene rings is 2. The minimum Gasteiger partial charge on any atom is -0.326 e. The summed E-state index contributed by atoms with van der Waals surface area (Å²) < 4.78 is 52.6. The highest BCUT2D eigenvalue weighted by atomic mass is 32.2. The lowest BCUT2D eigenvalue weighted by Gasteiger charge is -2.31. The van der Waals surface area contributed by atoms with E-state index in [9.17, 15) is 22.0 Å². The molecule has 1 saturated heterocycles. The minimum absolute atomic E-state index is 0.00140. The average molecular weight is 380 g/mol. The summed E-state index contributed by atoms with van der Waals surface area (Å²) in [6.07, 6.45) is 1.10. The molecule has 3 rings (SSSR count). The van der Waals surface area contributed by atoms with E-state index in [4.69, 9.17) is 0 Å². The van der Waals surface area contributed by atoms with Gasteiger partial charge in [-0.05, 0) is 61.4 Å². The number of carbonyl (C=O) groups excluding carboxylic acids is 1. The molecule has 0 aliphatic carbocycles. The van der Waals surface area contributed by atoms with Crippen LogP contribution in [0.4, 0.5) is 14.5 Å². The Labute approximate surface area is 150 Å². The number of sulfonamides is 1. The third-order valence-corrected chi connectivity index (χ3v) is 6.20. The topological polar surface area (TPSA) is 66.5 Å². The molecule has 1 N–H and O–H groups in total. The van der Waals surface area contributed by atoms with Gasteiger partial charge in [-0.3, -0.25) is 4.79 Å². The zero-order valence-corrected chi connectivity index (χ0v) is 14.7. The van der Waals surface area contributed by atoms with Gasteiger partial charge in [-0.1, -0.05) is 0 Å². The lowest BCUT2D eigenvalue weighted by atomic mass is 9.99. The molecule has 1 unspecified atom stereocenters. The van der Waals surface area contributed by atoms with Gasteiger partial charge in [0.15, 0.2) is 0 Å². The van der Waals surface area contributed by atoms with Gasteiger partial charge in [0, 0.05) is 18.8 Å². The van der Waals surface area contributed by atoms with Crippen molar-refractivity contribution in [3.63, 3.8) is 0 Å². The molecule has 26 heavy (non-hydrogen) atoms. The fraction of sp³-hybridized carbons (Fsp3) is 0.278. The highest BCUT2D eigenvalue weighted by Crippen LogP contribution is 2.25. The van der Waals surface area contributed by atoms with Crippen molar-refractivity contribution in [3.8, 4) is 0 Å². The summed E-state index contributed by atoms with van der Waals surface area (Å²) in [5.74, 6) is -1.74. The van der Waals surface area contributed by atoms with Crippen LogP contribution >= 0.6 is 0 Å². The van der Waals surface area contributed by atoms with Crippen molar-refractivity contribution in [2.75, 3.05) is 18.4 Å². The predicted octanol–water partition coefficient (Wildman–Crippen LogP) is 3.00. The predicted molar refractivity (Wildman–Crippen MR) is 92.9 cm³/mol. The van der Waals surface area contributed by atoms with Gasteiger partial charge >= 0.3 is 0 Å². The Morgan fingerprint density at radius 2 is 1.58 bits per heavy atom. The first kappa shape index (κ1) is 18.5. The summed E-state index contributed by atoms with van der Waals surface area (Å²) in [5, 5.41) is 2.68. The van der Waals surface area contributed by atoms with E-state index in [1.807, 2.05) is 0 Å². The van der Waals surface area contributed by atoms with Crippen LogP contribution in [-0.4, -0.2) is 31.7 Å². The summed E-state index contributed by atoms with van der Waals surface area (Å²) in [7, 11) is -3.79. The molecular weight excluding hydrogens is 362 g/mol. The van der Waals surface area contributed by atoms with E-state index in [-0.39, 0.29) is 17.3 Å². The Bertz CT molecular complexity index is 884. The maximum atomic E-state index is 13.0. The van der Waals surface area contributed by atoms with E-state index in [0.29, 0.717) is 25.1 Å².